The first-order valence-corrected chi connectivity index (χ1v) is 8.04. The predicted octanol–water partition coefficient (Wildman–Crippen LogP) is 3.05. The molecule has 3 rings (SSSR count). The summed E-state index contributed by atoms with van der Waals surface area (Å²) in [6, 6.07) is 6.00. The highest BCUT2D eigenvalue weighted by Gasteiger charge is 2.31. The van der Waals surface area contributed by atoms with Gasteiger partial charge in [-0.05, 0) is 48.8 Å². The number of rotatable bonds is 2. The molecule has 1 heterocycles. The van der Waals surface area contributed by atoms with Crippen LogP contribution in [-0.4, -0.2) is 13.1 Å². The molecule has 0 bridgehead atoms. The van der Waals surface area contributed by atoms with Crippen molar-refractivity contribution in [1.82, 2.24) is 0 Å². The number of anilines is 1. The second-order valence-electron chi connectivity index (χ2n) is 7.03. The highest BCUT2D eigenvalue weighted by Crippen LogP contribution is 2.32. The van der Waals surface area contributed by atoms with E-state index in [9.17, 15) is 9.59 Å². The zero-order valence-electron chi connectivity index (χ0n) is 13.8. The van der Waals surface area contributed by atoms with Crippen molar-refractivity contribution in [3.05, 3.63) is 49.8 Å². The third-order valence-corrected chi connectivity index (χ3v) is 4.87. The van der Waals surface area contributed by atoms with Gasteiger partial charge in [-0.2, -0.15) is 0 Å². The minimum atomic E-state index is -0.330. The van der Waals surface area contributed by atoms with E-state index >= 15 is 0 Å². The molecular weight excluding hydrogens is 274 g/mol. The first-order chi connectivity index (χ1) is 10.4. The van der Waals surface area contributed by atoms with E-state index in [2.05, 4.69) is 25.7 Å². The van der Waals surface area contributed by atoms with E-state index < -0.39 is 0 Å². The van der Waals surface area contributed by atoms with Crippen LogP contribution in [0.5, 0.6) is 0 Å². The summed E-state index contributed by atoms with van der Waals surface area (Å²) in [7, 11) is 0. The van der Waals surface area contributed by atoms with Crippen molar-refractivity contribution in [1.29, 1.82) is 0 Å². The SMILES string of the molecule is Cc1ccc(-c2c(N3CC(C)CC(C)C3)c(=O)c2=O)cc1C. The van der Waals surface area contributed by atoms with Crippen molar-refractivity contribution in [3.8, 4) is 11.1 Å². The number of nitrogens with zero attached hydrogens (tertiary/aromatic N) is 1. The van der Waals surface area contributed by atoms with Crippen LogP contribution in [0, 0.1) is 25.7 Å². The molecule has 22 heavy (non-hydrogen) atoms. The molecule has 0 amide bonds. The van der Waals surface area contributed by atoms with Gasteiger partial charge in [0.15, 0.2) is 0 Å². The molecule has 0 N–H and O–H groups in total. The number of piperidine rings is 1. The molecule has 2 unspecified atom stereocenters. The van der Waals surface area contributed by atoms with Crippen LogP contribution >= 0.6 is 0 Å². The Morgan fingerprint density at radius 3 is 2.18 bits per heavy atom. The Morgan fingerprint density at radius 1 is 0.955 bits per heavy atom. The van der Waals surface area contributed by atoms with E-state index in [0.717, 1.165) is 24.2 Å². The van der Waals surface area contributed by atoms with E-state index in [4.69, 9.17) is 0 Å². The lowest BCUT2D eigenvalue weighted by Crippen LogP contribution is -2.47. The molecule has 2 atom stereocenters. The summed E-state index contributed by atoms with van der Waals surface area (Å²) in [4.78, 5) is 26.4. The molecule has 2 aromatic carbocycles. The molecule has 1 saturated heterocycles. The summed E-state index contributed by atoms with van der Waals surface area (Å²) in [5.41, 5.74) is 3.86. The van der Waals surface area contributed by atoms with Crippen molar-refractivity contribution in [3.63, 3.8) is 0 Å². The molecule has 3 heteroatoms. The molecular formula is C19H23NO2. The second kappa shape index (κ2) is 5.38. The average Bonchev–Trinajstić information content (AvgIpc) is 2.45. The van der Waals surface area contributed by atoms with Gasteiger partial charge in [-0.25, -0.2) is 0 Å². The summed E-state index contributed by atoms with van der Waals surface area (Å²) < 4.78 is 0. The first-order valence-electron chi connectivity index (χ1n) is 8.04. The van der Waals surface area contributed by atoms with Crippen molar-refractivity contribution >= 4 is 5.69 Å². The van der Waals surface area contributed by atoms with Crippen LogP contribution in [0.2, 0.25) is 0 Å². The van der Waals surface area contributed by atoms with Gasteiger partial charge in [-0.3, -0.25) is 9.59 Å². The van der Waals surface area contributed by atoms with Gasteiger partial charge in [0.1, 0.15) is 5.69 Å². The first kappa shape index (κ1) is 15.0. The minimum Gasteiger partial charge on any atom is -0.367 e. The van der Waals surface area contributed by atoms with Crippen molar-refractivity contribution in [2.45, 2.75) is 34.1 Å². The topological polar surface area (TPSA) is 37.4 Å². The number of hydrogen-bond donors (Lipinski definition) is 0. The summed E-state index contributed by atoms with van der Waals surface area (Å²) in [5.74, 6) is 1.11. The largest absolute Gasteiger partial charge is 0.367 e. The fourth-order valence-corrected chi connectivity index (χ4v) is 3.69. The molecule has 0 radical (unpaired) electrons. The highest BCUT2D eigenvalue weighted by atomic mass is 16.2. The minimum absolute atomic E-state index is 0.311. The zero-order valence-corrected chi connectivity index (χ0v) is 13.8. The molecule has 0 aromatic heterocycles. The van der Waals surface area contributed by atoms with Crippen molar-refractivity contribution < 1.29 is 0 Å². The van der Waals surface area contributed by atoms with Gasteiger partial charge >= 0.3 is 0 Å². The number of hydrogen-bond acceptors (Lipinski definition) is 3. The Labute approximate surface area is 131 Å². The number of benzene rings is 1. The van der Waals surface area contributed by atoms with Gasteiger partial charge < -0.3 is 4.90 Å². The van der Waals surface area contributed by atoms with Crippen LogP contribution in [0.15, 0.2) is 27.8 Å². The van der Waals surface area contributed by atoms with Crippen LogP contribution in [0.1, 0.15) is 31.4 Å². The van der Waals surface area contributed by atoms with E-state index in [-0.39, 0.29) is 10.9 Å². The lowest BCUT2D eigenvalue weighted by atomic mass is 9.89. The molecule has 3 nitrogen and oxygen atoms in total. The fraction of sp³-hybridized carbons (Fsp3) is 0.474. The van der Waals surface area contributed by atoms with E-state index in [1.165, 1.54) is 12.0 Å². The molecule has 1 fully saturated rings. The van der Waals surface area contributed by atoms with Crippen LogP contribution < -0.4 is 15.8 Å². The van der Waals surface area contributed by atoms with Crippen LogP contribution in [0.3, 0.4) is 0 Å². The monoisotopic (exact) mass is 297 g/mol. The van der Waals surface area contributed by atoms with Gasteiger partial charge in [0.05, 0.1) is 5.56 Å². The Morgan fingerprint density at radius 2 is 1.59 bits per heavy atom. The molecule has 0 saturated carbocycles. The lowest BCUT2D eigenvalue weighted by Gasteiger charge is -2.37. The molecule has 1 aliphatic heterocycles. The van der Waals surface area contributed by atoms with Crippen LogP contribution in [0.25, 0.3) is 11.1 Å². The molecule has 0 spiro atoms. The Bertz CT molecular complexity index is 773. The quantitative estimate of drug-likeness (QED) is 0.800. The van der Waals surface area contributed by atoms with E-state index in [0.29, 0.717) is 23.1 Å². The zero-order chi connectivity index (χ0) is 16.0. The highest BCUT2D eigenvalue weighted by molar-refractivity contribution is 5.83. The summed E-state index contributed by atoms with van der Waals surface area (Å²) in [6.07, 6.45) is 1.19. The summed E-state index contributed by atoms with van der Waals surface area (Å²) in [5, 5.41) is 0. The third-order valence-electron chi connectivity index (χ3n) is 4.87. The standard InChI is InChI=1S/C19H23NO2/c1-11-7-12(2)10-20(9-11)17-16(18(21)19(17)22)15-6-5-13(3)14(4)8-15/h5-6,8,11-12H,7,9-10H2,1-4H3. The molecule has 0 aliphatic carbocycles. The Kier molecular flexibility index (Phi) is 3.67. The maximum atomic E-state index is 12.2. The lowest BCUT2D eigenvalue weighted by molar-refractivity contribution is 0.356. The third kappa shape index (κ3) is 2.39. The normalized spacial score (nSPS) is 22.3. The van der Waals surface area contributed by atoms with Crippen molar-refractivity contribution in [2.24, 2.45) is 11.8 Å². The molecule has 116 valence electrons. The Hall–Kier alpha value is -1.90. The summed E-state index contributed by atoms with van der Waals surface area (Å²) >= 11 is 0. The second-order valence-corrected chi connectivity index (χ2v) is 7.03. The Balaban J connectivity index is 2.04. The van der Waals surface area contributed by atoms with E-state index in [1.807, 2.05) is 25.1 Å². The van der Waals surface area contributed by atoms with Crippen LogP contribution in [-0.2, 0) is 0 Å². The average molecular weight is 297 g/mol. The predicted molar refractivity (Wildman–Crippen MR) is 91.4 cm³/mol. The van der Waals surface area contributed by atoms with Crippen LogP contribution in [0.4, 0.5) is 5.69 Å². The number of aryl methyl sites for hydroxylation is 2. The van der Waals surface area contributed by atoms with E-state index in [1.54, 1.807) is 0 Å². The molecule has 2 aromatic rings. The van der Waals surface area contributed by atoms with Gasteiger partial charge in [0, 0.05) is 13.1 Å². The summed E-state index contributed by atoms with van der Waals surface area (Å²) in [6.45, 7) is 10.2. The van der Waals surface area contributed by atoms with Gasteiger partial charge in [0.25, 0.3) is 0 Å². The van der Waals surface area contributed by atoms with Gasteiger partial charge in [-0.1, -0.05) is 32.0 Å². The van der Waals surface area contributed by atoms with Gasteiger partial charge in [-0.15, -0.1) is 0 Å². The fourth-order valence-electron chi connectivity index (χ4n) is 3.69. The maximum Gasteiger partial charge on any atom is 0.250 e. The maximum absolute atomic E-state index is 12.2. The van der Waals surface area contributed by atoms with Gasteiger partial charge in [0.2, 0.25) is 10.9 Å². The van der Waals surface area contributed by atoms with Crippen molar-refractivity contribution in [2.75, 3.05) is 18.0 Å². The molecule has 1 aliphatic rings. The smallest absolute Gasteiger partial charge is 0.250 e.